The Labute approximate surface area is 243 Å². The van der Waals surface area contributed by atoms with Crippen molar-refractivity contribution in [1.29, 1.82) is 10.5 Å². The summed E-state index contributed by atoms with van der Waals surface area (Å²) in [7, 11) is 6.47. The average Bonchev–Trinajstić information content (AvgIpc) is 3.05. The first-order chi connectivity index (χ1) is 20.6. The number of fused-ring (bicyclic) bond motifs is 3. The Morgan fingerprint density at radius 2 is 0.762 bits per heavy atom. The third-order valence-corrected chi connectivity index (χ3v) is 7.76. The van der Waals surface area contributed by atoms with E-state index in [0.29, 0.717) is 33.4 Å². The molecule has 0 unspecified atom stereocenters. The van der Waals surface area contributed by atoms with Gasteiger partial charge in [0, 0.05) is 21.5 Å². The molecule has 0 radical (unpaired) electrons. The molecule has 0 saturated carbocycles. The lowest BCUT2D eigenvalue weighted by Gasteiger charge is -2.21. The van der Waals surface area contributed by atoms with Gasteiger partial charge in [-0.2, -0.15) is 10.5 Å². The van der Waals surface area contributed by atoms with Crippen LogP contribution >= 0.6 is 0 Å². The molecule has 42 heavy (non-hydrogen) atoms. The molecule has 6 rings (SSSR count). The highest BCUT2D eigenvalue weighted by molar-refractivity contribution is 6.27. The van der Waals surface area contributed by atoms with Gasteiger partial charge in [-0.05, 0) is 81.6 Å². The van der Waals surface area contributed by atoms with E-state index in [0.717, 1.165) is 55.3 Å². The van der Waals surface area contributed by atoms with Gasteiger partial charge in [-0.15, -0.1) is 0 Å². The van der Waals surface area contributed by atoms with Crippen molar-refractivity contribution >= 4 is 32.3 Å². The smallest absolute Gasteiger partial charge is 0.119 e. The predicted molar refractivity (Wildman–Crippen MR) is 165 cm³/mol. The molecular formula is C36H26N2O4. The highest BCUT2D eigenvalue weighted by atomic mass is 16.5. The number of ether oxygens (including phenoxy) is 4. The normalized spacial score (nSPS) is 10.8. The minimum atomic E-state index is 0.469. The monoisotopic (exact) mass is 550 g/mol. The first kappa shape index (κ1) is 26.5. The molecule has 0 aromatic heterocycles. The van der Waals surface area contributed by atoms with Crippen molar-refractivity contribution in [3.63, 3.8) is 0 Å². The molecule has 6 nitrogen and oxygen atoms in total. The van der Waals surface area contributed by atoms with E-state index in [1.165, 1.54) is 0 Å². The van der Waals surface area contributed by atoms with E-state index in [-0.39, 0.29) is 0 Å². The minimum absolute atomic E-state index is 0.469. The minimum Gasteiger partial charge on any atom is -0.497 e. The maximum absolute atomic E-state index is 10.8. The molecule has 0 fully saturated rings. The molecular weight excluding hydrogens is 524 g/mol. The first-order valence-corrected chi connectivity index (χ1v) is 13.3. The van der Waals surface area contributed by atoms with E-state index in [2.05, 4.69) is 12.1 Å². The summed E-state index contributed by atoms with van der Waals surface area (Å²) in [5.41, 5.74) is 4.41. The summed E-state index contributed by atoms with van der Waals surface area (Å²) in [5.74, 6) is 2.71. The van der Waals surface area contributed by atoms with Gasteiger partial charge in [0.1, 0.15) is 35.1 Å². The van der Waals surface area contributed by atoms with Crippen molar-refractivity contribution in [3.8, 4) is 57.4 Å². The standard InChI is InChI=1S/C36H26N2O4/c1-39-23-9-5-21(6-10-23)33-27-15-13-25(41-3)17-29(27)32(20-38)36-34(22-7-11-24(40-2)12-8-22)28-16-14-26(42-4)18-30(28)31(19-37)35(33)36/h5-18H,1-4H3. The van der Waals surface area contributed by atoms with Crippen molar-refractivity contribution in [2.24, 2.45) is 0 Å². The van der Waals surface area contributed by atoms with Crippen LogP contribution in [-0.2, 0) is 0 Å². The van der Waals surface area contributed by atoms with Crippen LogP contribution in [0.2, 0.25) is 0 Å². The lowest BCUT2D eigenvalue weighted by molar-refractivity contribution is 0.415. The molecule has 0 bridgehead atoms. The van der Waals surface area contributed by atoms with Crippen LogP contribution in [0.4, 0.5) is 0 Å². The number of nitrogens with zero attached hydrogens (tertiary/aromatic N) is 2. The Balaban J connectivity index is 1.95. The van der Waals surface area contributed by atoms with Crippen LogP contribution < -0.4 is 18.9 Å². The molecule has 6 aromatic carbocycles. The summed E-state index contributed by atoms with van der Waals surface area (Å²) in [5, 5.41) is 26.1. The molecule has 0 aliphatic carbocycles. The van der Waals surface area contributed by atoms with Crippen LogP contribution in [0.25, 0.3) is 54.6 Å². The highest BCUT2D eigenvalue weighted by Crippen LogP contribution is 2.49. The van der Waals surface area contributed by atoms with Crippen molar-refractivity contribution in [2.75, 3.05) is 28.4 Å². The van der Waals surface area contributed by atoms with Gasteiger partial charge >= 0.3 is 0 Å². The first-order valence-electron chi connectivity index (χ1n) is 13.3. The maximum Gasteiger partial charge on any atom is 0.119 e. The number of methoxy groups -OCH3 is 4. The Morgan fingerprint density at radius 1 is 0.429 bits per heavy atom. The summed E-state index contributed by atoms with van der Waals surface area (Å²) < 4.78 is 22.0. The Morgan fingerprint density at radius 3 is 1.07 bits per heavy atom. The van der Waals surface area contributed by atoms with Crippen LogP contribution in [0, 0.1) is 22.7 Å². The molecule has 0 saturated heterocycles. The highest BCUT2D eigenvalue weighted by Gasteiger charge is 2.25. The lowest BCUT2D eigenvalue weighted by Crippen LogP contribution is -1.99. The van der Waals surface area contributed by atoms with Crippen LogP contribution in [0.15, 0.2) is 84.9 Å². The predicted octanol–water partition coefficient (Wildman–Crippen LogP) is 8.26. The van der Waals surface area contributed by atoms with E-state index in [4.69, 9.17) is 18.9 Å². The molecule has 0 aliphatic heterocycles. The number of benzene rings is 6. The molecule has 0 amide bonds. The van der Waals surface area contributed by atoms with E-state index in [9.17, 15) is 10.5 Å². The Kier molecular flexibility index (Phi) is 6.74. The van der Waals surface area contributed by atoms with Crippen molar-refractivity contribution in [3.05, 3.63) is 96.1 Å². The maximum atomic E-state index is 10.8. The second kappa shape index (κ2) is 10.7. The van der Waals surface area contributed by atoms with E-state index >= 15 is 0 Å². The quantitative estimate of drug-likeness (QED) is 0.194. The van der Waals surface area contributed by atoms with Gasteiger partial charge in [-0.3, -0.25) is 0 Å². The fourth-order valence-electron chi connectivity index (χ4n) is 5.79. The molecule has 0 aliphatic rings. The van der Waals surface area contributed by atoms with Gasteiger partial charge in [-0.1, -0.05) is 36.4 Å². The second-order valence-corrected chi connectivity index (χ2v) is 9.75. The number of hydrogen-bond acceptors (Lipinski definition) is 6. The summed E-state index contributed by atoms with van der Waals surface area (Å²) in [6.45, 7) is 0. The summed E-state index contributed by atoms with van der Waals surface area (Å²) in [6, 6.07) is 32.0. The van der Waals surface area contributed by atoms with Gasteiger partial charge < -0.3 is 18.9 Å². The van der Waals surface area contributed by atoms with Gasteiger partial charge in [0.2, 0.25) is 0 Å². The van der Waals surface area contributed by atoms with Crippen molar-refractivity contribution in [1.82, 2.24) is 0 Å². The molecule has 0 N–H and O–H groups in total. The van der Waals surface area contributed by atoms with E-state index < -0.39 is 0 Å². The zero-order valence-corrected chi connectivity index (χ0v) is 23.6. The Bertz CT molecular complexity index is 1930. The zero-order valence-electron chi connectivity index (χ0n) is 23.6. The largest absolute Gasteiger partial charge is 0.497 e. The summed E-state index contributed by atoms with van der Waals surface area (Å²) in [4.78, 5) is 0. The SMILES string of the molecule is COc1ccc(-c2c3ccc(OC)cc3c(C#N)c3c(-c4ccc(OC)cc4)c4ccc(OC)cc4c(C#N)c23)cc1. The summed E-state index contributed by atoms with van der Waals surface area (Å²) >= 11 is 0. The third kappa shape index (κ3) is 4.10. The average molecular weight is 551 g/mol. The molecule has 0 heterocycles. The van der Waals surface area contributed by atoms with Crippen molar-refractivity contribution in [2.45, 2.75) is 0 Å². The zero-order chi connectivity index (χ0) is 29.4. The van der Waals surface area contributed by atoms with E-state index in [1.54, 1.807) is 28.4 Å². The number of nitriles is 2. The Hall–Kier alpha value is -5.72. The molecule has 204 valence electrons. The molecule has 6 heteroatoms. The van der Waals surface area contributed by atoms with Crippen LogP contribution in [0.1, 0.15) is 11.1 Å². The molecule has 6 aromatic rings. The molecule has 0 atom stereocenters. The van der Waals surface area contributed by atoms with Gasteiger partial charge in [0.15, 0.2) is 0 Å². The topological polar surface area (TPSA) is 84.5 Å². The fraction of sp³-hybridized carbons (Fsp3) is 0.111. The van der Waals surface area contributed by atoms with Crippen molar-refractivity contribution < 1.29 is 18.9 Å². The van der Waals surface area contributed by atoms with Gasteiger partial charge in [-0.25, -0.2) is 0 Å². The third-order valence-electron chi connectivity index (χ3n) is 7.76. The number of hydrogen-bond donors (Lipinski definition) is 0. The van der Waals surface area contributed by atoms with E-state index in [1.807, 2.05) is 84.9 Å². The van der Waals surface area contributed by atoms with Gasteiger partial charge in [0.25, 0.3) is 0 Å². The van der Waals surface area contributed by atoms with Crippen LogP contribution in [0.5, 0.6) is 23.0 Å². The van der Waals surface area contributed by atoms with Crippen LogP contribution in [-0.4, -0.2) is 28.4 Å². The summed E-state index contributed by atoms with van der Waals surface area (Å²) in [6.07, 6.45) is 0. The lowest BCUT2D eigenvalue weighted by atomic mass is 9.80. The second-order valence-electron chi connectivity index (χ2n) is 9.75. The fourth-order valence-corrected chi connectivity index (χ4v) is 5.79. The molecule has 0 spiro atoms. The number of rotatable bonds is 6. The van der Waals surface area contributed by atoms with Gasteiger partial charge in [0.05, 0.1) is 39.6 Å². The van der Waals surface area contributed by atoms with Crippen LogP contribution in [0.3, 0.4) is 0 Å².